The average Bonchev–Trinajstić information content (AvgIpc) is 3.17. The first-order valence-corrected chi connectivity index (χ1v) is 11.7. The van der Waals surface area contributed by atoms with E-state index in [0.29, 0.717) is 40.7 Å². The number of hydrogen-bond donors (Lipinski definition) is 1. The molecule has 4 rings (SSSR count). The van der Waals surface area contributed by atoms with E-state index < -0.39 is 17.7 Å². The zero-order valence-electron chi connectivity index (χ0n) is 20.8. The van der Waals surface area contributed by atoms with Crippen LogP contribution in [-0.4, -0.2) is 37.6 Å². The lowest BCUT2D eigenvalue weighted by atomic mass is 9.94. The van der Waals surface area contributed by atoms with Crippen LogP contribution < -0.4 is 19.1 Å². The van der Waals surface area contributed by atoms with Gasteiger partial charge < -0.3 is 19.3 Å². The highest BCUT2D eigenvalue weighted by Gasteiger charge is 2.47. The number of rotatable bonds is 8. The van der Waals surface area contributed by atoms with Gasteiger partial charge >= 0.3 is 0 Å². The van der Waals surface area contributed by atoms with Gasteiger partial charge in [-0.05, 0) is 66.9 Å². The van der Waals surface area contributed by atoms with Crippen molar-refractivity contribution in [2.75, 3.05) is 25.7 Å². The van der Waals surface area contributed by atoms with Crippen LogP contribution in [0.15, 0.2) is 72.3 Å². The highest BCUT2D eigenvalue weighted by molar-refractivity contribution is 6.51. The van der Waals surface area contributed by atoms with Gasteiger partial charge in [0, 0.05) is 17.3 Å². The molecular weight excluding hydrogens is 458 g/mol. The topological polar surface area (TPSA) is 85.3 Å². The Morgan fingerprint density at radius 3 is 2.33 bits per heavy atom. The number of hydrogen-bond acceptors (Lipinski definition) is 6. The molecule has 0 radical (unpaired) electrons. The summed E-state index contributed by atoms with van der Waals surface area (Å²) in [5.74, 6) is 0.141. The van der Waals surface area contributed by atoms with Gasteiger partial charge in [0.15, 0.2) is 0 Å². The third-order valence-corrected chi connectivity index (χ3v) is 6.11. The molecule has 7 heteroatoms. The van der Waals surface area contributed by atoms with Crippen molar-refractivity contribution in [3.05, 3.63) is 89.0 Å². The minimum Gasteiger partial charge on any atom is -0.507 e. The number of carbonyl (C=O) groups is 2. The summed E-state index contributed by atoms with van der Waals surface area (Å²) in [5.41, 5.74) is 2.36. The van der Waals surface area contributed by atoms with Crippen molar-refractivity contribution in [1.82, 2.24) is 0 Å². The number of carbonyl (C=O) groups excluding carboxylic acids is 2. The van der Waals surface area contributed by atoms with Gasteiger partial charge in [0.05, 0.1) is 32.4 Å². The van der Waals surface area contributed by atoms with Crippen molar-refractivity contribution >= 4 is 23.1 Å². The summed E-state index contributed by atoms with van der Waals surface area (Å²) in [4.78, 5) is 28.1. The average molecular weight is 488 g/mol. The molecule has 0 bridgehead atoms. The minimum atomic E-state index is -0.847. The lowest BCUT2D eigenvalue weighted by molar-refractivity contribution is -0.132. The van der Waals surface area contributed by atoms with Gasteiger partial charge in [-0.2, -0.15) is 0 Å². The maximum absolute atomic E-state index is 13.4. The van der Waals surface area contributed by atoms with Crippen molar-refractivity contribution in [1.29, 1.82) is 0 Å². The highest BCUT2D eigenvalue weighted by atomic mass is 16.5. The SMILES string of the molecule is CCCOc1ccc(C2/C(=C(\O)c3ccc(OC)c(C)c3)C(=O)C(=O)N2c2cccc(OC)c2)cc1. The van der Waals surface area contributed by atoms with Gasteiger partial charge in [0.2, 0.25) is 0 Å². The number of nitrogens with zero attached hydrogens (tertiary/aromatic N) is 1. The molecule has 1 N–H and O–H groups in total. The number of aliphatic hydroxyl groups is 1. The molecule has 0 aromatic heterocycles. The fourth-order valence-corrected chi connectivity index (χ4v) is 4.32. The number of Topliss-reactive ketones (excluding diaryl/α,β-unsaturated/α-hetero) is 1. The monoisotopic (exact) mass is 487 g/mol. The molecule has 186 valence electrons. The van der Waals surface area contributed by atoms with Crippen LogP contribution in [0.3, 0.4) is 0 Å². The smallest absolute Gasteiger partial charge is 0.300 e. The summed E-state index contributed by atoms with van der Waals surface area (Å²) in [7, 11) is 3.10. The Kier molecular flexibility index (Phi) is 7.29. The van der Waals surface area contributed by atoms with E-state index in [4.69, 9.17) is 14.2 Å². The fourth-order valence-electron chi connectivity index (χ4n) is 4.32. The highest BCUT2D eigenvalue weighted by Crippen LogP contribution is 2.43. The first kappa shape index (κ1) is 24.9. The third-order valence-electron chi connectivity index (χ3n) is 6.11. The van der Waals surface area contributed by atoms with E-state index in [1.165, 1.54) is 12.0 Å². The molecule has 1 aliphatic heterocycles. The van der Waals surface area contributed by atoms with E-state index in [9.17, 15) is 14.7 Å². The van der Waals surface area contributed by atoms with Gasteiger partial charge in [0.25, 0.3) is 11.7 Å². The largest absolute Gasteiger partial charge is 0.507 e. The zero-order valence-corrected chi connectivity index (χ0v) is 20.8. The molecule has 0 saturated carbocycles. The maximum atomic E-state index is 13.4. The van der Waals surface area contributed by atoms with Gasteiger partial charge in [-0.1, -0.05) is 25.1 Å². The van der Waals surface area contributed by atoms with Crippen molar-refractivity contribution in [3.63, 3.8) is 0 Å². The van der Waals surface area contributed by atoms with Gasteiger partial charge in [0.1, 0.15) is 23.0 Å². The number of aliphatic hydroxyl groups excluding tert-OH is 1. The molecule has 1 fully saturated rings. The molecule has 1 saturated heterocycles. The molecule has 1 atom stereocenters. The normalized spacial score (nSPS) is 16.8. The predicted octanol–water partition coefficient (Wildman–Crippen LogP) is 5.43. The molecule has 1 aliphatic rings. The maximum Gasteiger partial charge on any atom is 0.300 e. The predicted molar refractivity (Wildman–Crippen MR) is 138 cm³/mol. The van der Waals surface area contributed by atoms with Crippen LogP contribution >= 0.6 is 0 Å². The number of amides is 1. The van der Waals surface area contributed by atoms with E-state index in [2.05, 4.69) is 0 Å². The van der Waals surface area contributed by atoms with E-state index >= 15 is 0 Å². The summed E-state index contributed by atoms with van der Waals surface area (Å²) >= 11 is 0. The van der Waals surface area contributed by atoms with Crippen LogP contribution in [0.5, 0.6) is 17.2 Å². The Balaban J connectivity index is 1.88. The van der Waals surface area contributed by atoms with Crippen molar-refractivity contribution in [2.24, 2.45) is 0 Å². The Hall–Kier alpha value is -4.26. The van der Waals surface area contributed by atoms with Crippen LogP contribution in [0, 0.1) is 6.92 Å². The van der Waals surface area contributed by atoms with Gasteiger partial charge in [-0.3, -0.25) is 14.5 Å². The molecule has 0 aliphatic carbocycles. The second kappa shape index (κ2) is 10.6. The first-order valence-electron chi connectivity index (χ1n) is 11.7. The van der Waals surface area contributed by atoms with Gasteiger partial charge in [-0.15, -0.1) is 0 Å². The molecule has 36 heavy (non-hydrogen) atoms. The van der Waals surface area contributed by atoms with Crippen LogP contribution in [0.4, 0.5) is 5.69 Å². The molecule has 0 spiro atoms. The van der Waals surface area contributed by atoms with Crippen LogP contribution in [-0.2, 0) is 9.59 Å². The summed E-state index contributed by atoms with van der Waals surface area (Å²) in [6.45, 7) is 4.45. The molecule has 7 nitrogen and oxygen atoms in total. The number of anilines is 1. The molecular formula is C29H29NO6. The standard InChI is InChI=1S/C29H29NO6/c1-5-15-36-22-12-9-19(10-13-22)26-25(27(31)20-11-14-24(35-4)18(2)16-20)28(32)29(33)30(26)21-7-6-8-23(17-21)34-3/h6-14,16-17,26,31H,5,15H2,1-4H3/b27-25+. The number of ketones is 1. The number of methoxy groups -OCH3 is 2. The number of aryl methyl sites for hydroxylation is 1. The third kappa shape index (κ3) is 4.64. The summed E-state index contributed by atoms with van der Waals surface area (Å²) < 4.78 is 16.4. The second-order valence-electron chi connectivity index (χ2n) is 8.47. The Labute approximate surface area is 210 Å². The molecule has 1 amide bonds. The summed E-state index contributed by atoms with van der Waals surface area (Å²) in [6.07, 6.45) is 0.874. The van der Waals surface area contributed by atoms with E-state index in [1.807, 2.05) is 13.8 Å². The number of benzene rings is 3. The van der Waals surface area contributed by atoms with Crippen LogP contribution in [0.2, 0.25) is 0 Å². The molecule has 1 heterocycles. The van der Waals surface area contributed by atoms with Crippen molar-refractivity contribution in [3.8, 4) is 17.2 Å². The molecule has 3 aromatic carbocycles. The summed E-state index contributed by atoms with van der Waals surface area (Å²) in [5, 5.41) is 11.4. The zero-order chi connectivity index (χ0) is 25.8. The molecule has 1 unspecified atom stereocenters. The van der Waals surface area contributed by atoms with E-state index in [0.717, 1.165) is 12.0 Å². The van der Waals surface area contributed by atoms with Crippen molar-refractivity contribution < 1.29 is 28.9 Å². The Morgan fingerprint density at radius 2 is 1.69 bits per heavy atom. The van der Waals surface area contributed by atoms with Gasteiger partial charge in [-0.25, -0.2) is 0 Å². The van der Waals surface area contributed by atoms with E-state index in [1.54, 1.807) is 73.8 Å². The quantitative estimate of drug-likeness (QED) is 0.259. The lowest BCUT2D eigenvalue weighted by Gasteiger charge is -2.26. The number of ether oxygens (including phenoxy) is 3. The second-order valence-corrected chi connectivity index (χ2v) is 8.47. The molecule has 3 aromatic rings. The minimum absolute atomic E-state index is 0.00890. The summed E-state index contributed by atoms with van der Waals surface area (Å²) in [6, 6.07) is 18.4. The fraction of sp³-hybridized carbons (Fsp3) is 0.241. The Morgan fingerprint density at radius 1 is 0.944 bits per heavy atom. The van der Waals surface area contributed by atoms with Crippen LogP contribution in [0.25, 0.3) is 5.76 Å². The van der Waals surface area contributed by atoms with Crippen molar-refractivity contribution in [2.45, 2.75) is 26.3 Å². The Bertz CT molecular complexity index is 1310. The first-order chi connectivity index (χ1) is 17.4. The van der Waals surface area contributed by atoms with Crippen LogP contribution in [0.1, 0.15) is 36.1 Å². The lowest BCUT2D eigenvalue weighted by Crippen LogP contribution is -2.29. The van der Waals surface area contributed by atoms with E-state index in [-0.39, 0.29) is 11.3 Å².